The Kier molecular flexibility index (Phi) is 6.01. The summed E-state index contributed by atoms with van der Waals surface area (Å²) in [5, 5.41) is 0.573. The molecule has 1 fully saturated rings. The van der Waals surface area contributed by atoms with Gasteiger partial charge >= 0.3 is 5.69 Å². The molecule has 7 nitrogen and oxygen atoms in total. The zero-order valence-electron chi connectivity index (χ0n) is 17.6. The Labute approximate surface area is 175 Å². The van der Waals surface area contributed by atoms with Crippen LogP contribution in [0.2, 0.25) is 0 Å². The Bertz CT molecular complexity index is 1130. The van der Waals surface area contributed by atoms with Crippen LogP contribution in [-0.2, 0) is 13.1 Å². The minimum Gasteiger partial charge on any atom is -0.497 e. The average Bonchev–Trinajstić information content (AvgIpc) is 2.78. The lowest BCUT2D eigenvalue weighted by molar-refractivity contribution is 0.150. The molecule has 0 unspecified atom stereocenters. The van der Waals surface area contributed by atoms with Crippen molar-refractivity contribution in [3.63, 3.8) is 0 Å². The third-order valence-electron chi connectivity index (χ3n) is 5.87. The molecule has 2 heterocycles. The number of ether oxygens (including phenoxy) is 1. The van der Waals surface area contributed by atoms with Crippen molar-refractivity contribution in [2.75, 3.05) is 46.9 Å². The summed E-state index contributed by atoms with van der Waals surface area (Å²) in [6, 6.07) is 14.8. The molecule has 0 N–H and O–H groups in total. The van der Waals surface area contributed by atoms with Gasteiger partial charge in [-0.05, 0) is 36.9 Å². The molecule has 158 valence electrons. The van der Waals surface area contributed by atoms with Crippen LogP contribution in [-0.4, -0.2) is 65.8 Å². The number of rotatable bonds is 6. The van der Waals surface area contributed by atoms with E-state index in [9.17, 15) is 9.59 Å². The highest BCUT2D eigenvalue weighted by molar-refractivity contribution is 5.77. The molecule has 0 saturated carbocycles. The lowest BCUT2D eigenvalue weighted by atomic mass is 10.2. The van der Waals surface area contributed by atoms with Crippen LogP contribution in [0.25, 0.3) is 10.9 Å². The minimum absolute atomic E-state index is 0.237. The maximum atomic E-state index is 13.3. The van der Waals surface area contributed by atoms with Gasteiger partial charge < -0.3 is 9.64 Å². The number of hydrogen-bond acceptors (Lipinski definition) is 5. The normalized spacial score (nSPS) is 15.5. The van der Waals surface area contributed by atoms with Crippen molar-refractivity contribution in [2.45, 2.75) is 13.1 Å². The van der Waals surface area contributed by atoms with Gasteiger partial charge in [0.25, 0.3) is 5.56 Å². The summed E-state index contributed by atoms with van der Waals surface area (Å²) in [5.41, 5.74) is 1.08. The monoisotopic (exact) mass is 408 g/mol. The van der Waals surface area contributed by atoms with Gasteiger partial charge in [-0.15, -0.1) is 0 Å². The van der Waals surface area contributed by atoms with E-state index in [-0.39, 0.29) is 17.8 Å². The lowest BCUT2D eigenvalue weighted by Gasteiger charge is -2.32. The second-order valence-electron chi connectivity index (χ2n) is 7.84. The number of nitrogens with zero attached hydrogens (tertiary/aromatic N) is 4. The first-order valence-corrected chi connectivity index (χ1v) is 10.3. The summed E-state index contributed by atoms with van der Waals surface area (Å²) in [5.74, 6) is 0.745. The molecule has 1 aliphatic rings. The largest absolute Gasteiger partial charge is 0.497 e. The molecule has 0 atom stereocenters. The van der Waals surface area contributed by atoms with E-state index in [4.69, 9.17) is 4.74 Å². The fraction of sp³-hybridized carbons (Fsp3) is 0.391. The Morgan fingerprint density at radius 1 is 0.867 bits per heavy atom. The molecule has 0 aliphatic carbocycles. The molecular weight excluding hydrogens is 380 g/mol. The molecule has 0 radical (unpaired) electrons. The van der Waals surface area contributed by atoms with Crippen molar-refractivity contribution in [3.05, 3.63) is 74.9 Å². The van der Waals surface area contributed by atoms with Crippen molar-refractivity contribution < 1.29 is 4.74 Å². The molecular formula is C23H28N4O3. The van der Waals surface area contributed by atoms with E-state index in [2.05, 4.69) is 16.8 Å². The van der Waals surface area contributed by atoms with Gasteiger partial charge in [0.2, 0.25) is 0 Å². The van der Waals surface area contributed by atoms with Gasteiger partial charge in [0.1, 0.15) is 5.75 Å². The minimum atomic E-state index is -0.261. The quantitative estimate of drug-likeness (QED) is 0.618. The third-order valence-corrected chi connectivity index (χ3v) is 5.87. The van der Waals surface area contributed by atoms with Crippen LogP contribution in [0, 0.1) is 0 Å². The fourth-order valence-corrected chi connectivity index (χ4v) is 3.95. The molecule has 0 spiro atoms. The van der Waals surface area contributed by atoms with E-state index in [1.807, 2.05) is 42.5 Å². The summed E-state index contributed by atoms with van der Waals surface area (Å²) >= 11 is 0. The summed E-state index contributed by atoms with van der Waals surface area (Å²) in [6.07, 6.45) is 0. The number of fused-ring (bicyclic) bond motifs is 1. The summed E-state index contributed by atoms with van der Waals surface area (Å²) in [6.45, 7) is 5.65. The maximum absolute atomic E-state index is 13.3. The summed E-state index contributed by atoms with van der Waals surface area (Å²) in [7, 11) is 3.74. The first kappa shape index (κ1) is 20.4. The van der Waals surface area contributed by atoms with E-state index in [1.54, 1.807) is 17.7 Å². The van der Waals surface area contributed by atoms with Crippen molar-refractivity contribution in [3.8, 4) is 5.75 Å². The molecule has 30 heavy (non-hydrogen) atoms. The van der Waals surface area contributed by atoms with E-state index < -0.39 is 0 Å². The van der Waals surface area contributed by atoms with Gasteiger partial charge in [0, 0.05) is 39.3 Å². The van der Waals surface area contributed by atoms with Crippen molar-refractivity contribution in [1.82, 2.24) is 18.9 Å². The molecule has 3 aromatic rings. The van der Waals surface area contributed by atoms with Crippen LogP contribution in [0.4, 0.5) is 0 Å². The van der Waals surface area contributed by atoms with Crippen LogP contribution in [0.3, 0.4) is 0 Å². The molecule has 1 aromatic heterocycles. The van der Waals surface area contributed by atoms with Gasteiger partial charge in [-0.3, -0.25) is 18.8 Å². The zero-order chi connectivity index (χ0) is 21.1. The Morgan fingerprint density at radius 3 is 2.27 bits per heavy atom. The van der Waals surface area contributed by atoms with E-state index >= 15 is 0 Å². The van der Waals surface area contributed by atoms with Crippen LogP contribution >= 0.6 is 0 Å². The number of likely N-dealkylation sites (N-methyl/N-ethyl adjacent to an activating group) is 1. The molecule has 1 saturated heterocycles. The smallest absolute Gasteiger partial charge is 0.331 e. The average molecular weight is 409 g/mol. The van der Waals surface area contributed by atoms with Crippen molar-refractivity contribution >= 4 is 10.9 Å². The second kappa shape index (κ2) is 8.85. The molecule has 0 bridgehead atoms. The Hall–Kier alpha value is -2.90. The molecule has 7 heteroatoms. The van der Waals surface area contributed by atoms with E-state index in [0.29, 0.717) is 17.4 Å². The van der Waals surface area contributed by atoms with Crippen LogP contribution in [0.1, 0.15) is 5.56 Å². The van der Waals surface area contributed by atoms with Crippen LogP contribution in [0.5, 0.6) is 5.75 Å². The predicted molar refractivity (Wildman–Crippen MR) is 119 cm³/mol. The van der Waals surface area contributed by atoms with E-state index in [1.165, 1.54) is 4.57 Å². The van der Waals surface area contributed by atoms with Gasteiger partial charge in [-0.1, -0.05) is 24.3 Å². The van der Waals surface area contributed by atoms with Gasteiger partial charge in [-0.25, -0.2) is 4.79 Å². The molecule has 1 aliphatic heterocycles. The first-order valence-electron chi connectivity index (χ1n) is 10.3. The number of hydrogen-bond donors (Lipinski definition) is 0. The Morgan fingerprint density at radius 2 is 1.57 bits per heavy atom. The fourth-order valence-electron chi connectivity index (χ4n) is 3.95. The highest BCUT2D eigenvalue weighted by atomic mass is 16.5. The SMILES string of the molecule is COc1ccc(Cn2c(=O)c3ccccc3n(CCN3CCN(C)CC3)c2=O)cc1. The van der Waals surface area contributed by atoms with Crippen LogP contribution in [0.15, 0.2) is 58.1 Å². The van der Waals surface area contributed by atoms with Gasteiger partial charge in [-0.2, -0.15) is 0 Å². The number of benzene rings is 2. The first-order chi connectivity index (χ1) is 14.6. The second-order valence-corrected chi connectivity index (χ2v) is 7.84. The molecule has 4 rings (SSSR count). The molecule has 0 amide bonds. The van der Waals surface area contributed by atoms with Crippen molar-refractivity contribution in [1.29, 1.82) is 0 Å². The number of piperazine rings is 1. The van der Waals surface area contributed by atoms with Crippen LogP contribution < -0.4 is 16.0 Å². The van der Waals surface area contributed by atoms with Gasteiger partial charge in [0.05, 0.1) is 24.6 Å². The highest BCUT2D eigenvalue weighted by Crippen LogP contribution is 2.13. The lowest BCUT2D eigenvalue weighted by Crippen LogP contribution is -2.47. The van der Waals surface area contributed by atoms with Gasteiger partial charge in [0.15, 0.2) is 0 Å². The molecule has 2 aromatic carbocycles. The Balaban J connectivity index is 1.68. The highest BCUT2D eigenvalue weighted by Gasteiger charge is 2.17. The summed E-state index contributed by atoms with van der Waals surface area (Å²) < 4.78 is 8.29. The van der Waals surface area contributed by atoms with E-state index in [0.717, 1.165) is 44.0 Å². The summed E-state index contributed by atoms with van der Waals surface area (Å²) in [4.78, 5) is 31.1. The standard InChI is InChI=1S/C23H28N4O3/c1-24-11-13-25(14-12-24)15-16-26-21-6-4-3-5-20(21)22(28)27(23(26)29)17-18-7-9-19(30-2)10-8-18/h3-10H,11-17H2,1-2H3. The number of aromatic nitrogens is 2. The zero-order valence-corrected chi connectivity index (χ0v) is 17.6. The maximum Gasteiger partial charge on any atom is 0.331 e. The number of methoxy groups -OCH3 is 1. The predicted octanol–water partition coefficient (Wildman–Crippen LogP) is 1.47. The third kappa shape index (κ3) is 4.17. The van der Waals surface area contributed by atoms with Crippen molar-refractivity contribution in [2.24, 2.45) is 0 Å². The topological polar surface area (TPSA) is 59.7 Å². The number of para-hydroxylation sites is 1.